The molecule has 3 rings (SSSR count). The second kappa shape index (κ2) is 6.48. The summed E-state index contributed by atoms with van der Waals surface area (Å²) in [7, 11) is 0. The normalized spacial score (nSPS) is 11.7. The van der Waals surface area contributed by atoms with Gasteiger partial charge in [-0.25, -0.2) is 4.98 Å². The maximum atomic E-state index is 12.3. The lowest BCUT2D eigenvalue weighted by Gasteiger charge is -2.17. The van der Waals surface area contributed by atoms with Crippen LogP contribution in [0.1, 0.15) is 33.4 Å². The van der Waals surface area contributed by atoms with Crippen molar-refractivity contribution in [3.05, 3.63) is 30.0 Å². The average molecular weight is 358 g/mol. The summed E-state index contributed by atoms with van der Waals surface area (Å²) in [5.41, 5.74) is 1.14. The Morgan fingerprint density at radius 1 is 1.36 bits per heavy atom. The van der Waals surface area contributed by atoms with Crippen LogP contribution in [-0.4, -0.2) is 27.3 Å². The van der Waals surface area contributed by atoms with E-state index in [1.54, 1.807) is 4.68 Å². The lowest BCUT2D eigenvalue weighted by Crippen LogP contribution is -2.28. The molecule has 3 aromatic rings. The highest BCUT2D eigenvalue weighted by atomic mass is 32.1. The topological polar surface area (TPSA) is 69.0 Å². The number of nitrogens with zero attached hydrogens (tertiary/aromatic N) is 3. The number of nitrogens with one attached hydrogen (secondary N) is 1. The number of anilines is 1. The van der Waals surface area contributed by atoms with Crippen molar-refractivity contribution in [2.45, 2.75) is 34.6 Å². The van der Waals surface area contributed by atoms with E-state index in [0.717, 1.165) is 21.7 Å². The van der Waals surface area contributed by atoms with E-state index in [-0.39, 0.29) is 5.91 Å². The number of fused-ring (bicyclic) bond motifs is 1. The predicted octanol–water partition coefficient (Wildman–Crippen LogP) is 4.17. The van der Waals surface area contributed by atoms with Crippen LogP contribution in [0, 0.1) is 12.3 Å². The van der Waals surface area contributed by atoms with Gasteiger partial charge in [-0.2, -0.15) is 9.78 Å². The van der Waals surface area contributed by atoms with Crippen molar-refractivity contribution < 1.29 is 9.53 Å². The number of hydrogen-bond donors (Lipinski definition) is 1. The summed E-state index contributed by atoms with van der Waals surface area (Å²) in [5.74, 6) is 1.31. The third-order valence-corrected chi connectivity index (χ3v) is 4.60. The fraction of sp³-hybridized carbons (Fsp3) is 0.389. The molecule has 2 aromatic heterocycles. The van der Waals surface area contributed by atoms with Crippen LogP contribution in [-0.2, 0) is 4.79 Å². The molecule has 0 fully saturated rings. The fourth-order valence-electron chi connectivity index (χ4n) is 2.31. The number of benzene rings is 1. The predicted molar refractivity (Wildman–Crippen MR) is 101 cm³/mol. The molecule has 0 bridgehead atoms. The number of thiazole rings is 1. The van der Waals surface area contributed by atoms with Gasteiger partial charge in [0.2, 0.25) is 11.0 Å². The van der Waals surface area contributed by atoms with Crippen molar-refractivity contribution in [3.63, 3.8) is 0 Å². The van der Waals surface area contributed by atoms with E-state index in [0.29, 0.717) is 17.6 Å². The molecule has 0 saturated carbocycles. The van der Waals surface area contributed by atoms with Crippen molar-refractivity contribution in [2.75, 3.05) is 11.9 Å². The van der Waals surface area contributed by atoms with Crippen LogP contribution in [0.3, 0.4) is 0 Å². The summed E-state index contributed by atoms with van der Waals surface area (Å²) in [6.45, 7) is 10.1. The van der Waals surface area contributed by atoms with Gasteiger partial charge in [0.1, 0.15) is 17.1 Å². The number of carbonyl (C=O) groups excluding carboxylic acids is 1. The Morgan fingerprint density at radius 3 is 2.80 bits per heavy atom. The molecule has 0 atom stereocenters. The second-order valence-corrected chi connectivity index (χ2v) is 7.83. The molecule has 7 heteroatoms. The lowest BCUT2D eigenvalue weighted by atomic mass is 9.96. The maximum absolute atomic E-state index is 12.3. The molecular weight excluding hydrogens is 336 g/mol. The fourth-order valence-corrected chi connectivity index (χ4v) is 3.26. The van der Waals surface area contributed by atoms with Gasteiger partial charge in [-0.15, -0.1) is 0 Å². The van der Waals surface area contributed by atoms with E-state index in [1.165, 1.54) is 11.3 Å². The zero-order valence-corrected chi connectivity index (χ0v) is 15.9. The summed E-state index contributed by atoms with van der Waals surface area (Å²) in [6, 6.07) is 7.71. The molecule has 2 heterocycles. The number of aryl methyl sites for hydroxylation is 1. The van der Waals surface area contributed by atoms with Crippen molar-refractivity contribution in [2.24, 2.45) is 5.41 Å². The Kier molecular flexibility index (Phi) is 4.51. The van der Waals surface area contributed by atoms with E-state index < -0.39 is 5.41 Å². The van der Waals surface area contributed by atoms with Crippen molar-refractivity contribution >= 4 is 33.3 Å². The molecule has 0 spiro atoms. The van der Waals surface area contributed by atoms with E-state index >= 15 is 0 Å². The molecule has 1 aromatic carbocycles. The SMILES string of the molecule is CCOc1cccc2sc(-n3nc(C)cc3NC(=O)C(C)(C)C)nc12. The third-order valence-electron chi connectivity index (χ3n) is 3.61. The Hall–Kier alpha value is -2.41. The summed E-state index contributed by atoms with van der Waals surface area (Å²) in [5, 5.41) is 8.14. The van der Waals surface area contributed by atoms with Gasteiger partial charge in [-0.1, -0.05) is 38.2 Å². The van der Waals surface area contributed by atoms with Crippen LogP contribution < -0.4 is 10.1 Å². The van der Waals surface area contributed by atoms with Crippen LogP contribution in [0.5, 0.6) is 5.75 Å². The second-order valence-electron chi connectivity index (χ2n) is 6.82. The van der Waals surface area contributed by atoms with Gasteiger partial charge in [0, 0.05) is 11.5 Å². The van der Waals surface area contributed by atoms with E-state index in [9.17, 15) is 4.79 Å². The van der Waals surface area contributed by atoms with Gasteiger partial charge >= 0.3 is 0 Å². The largest absolute Gasteiger partial charge is 0.492 e. The van der Waals surface area contributed by atoms with E-state index in [4.69, 9.17) is 4.74 Å². The van der Waals surface area contributed by atoms with Crippen LogP contribution >= 0.6 is 11.3 Å². The molecule has 25 heavy (non-hydrogen) atoms. The molecule has 0 aliphatic heterocycles. The van der Waals surface area contributed by atoms with Gasteiger partial charge in [-0.3, -0.25) is 4.79 Å². The van der Waals surface area contributed by atoms with Gasteiger partial charge in [0.15, 0.2) is 0 Å². The minimum atomic E-state index is -0.487. The van der Waals surface area contributed by atoms with Crippen LogP contribution in [0.2, 0.25) is 0 Å². The summed E-state index contributed by atoms with van der Waals surface area (Å²) < 4.78 is 8.35. The molecule has 6 nitrogen and oxygen atoms in total. The number of amides is 1. The minimum Gasteiger partial charge on any atom is -0.492 e. The Labute approximate surface area is 150 Å². The van der Waals surface area contributed by atoms with Crippen molar-refractivity contribution in [1.29, 1.82) is 0 Å². The average Bonchev–Trinajstić information content (AvgIpc) is 3.10. The summed E-state index contributed by atoms with van der Waals surface area (Å²) in [6.07, 6.45) is 0. The zero-order chi connectivity index (χ0) is 18.2. The number of aromatic nitrogens is 3. The van der Waals surface area contributed by atoms with Gasteiger partial charge in [0.25, 0.3) is 0 Å². The van der Waals surface area contributed by atoms with Crippen LogP contribution in [0.4, 0.5) is 5.82 Å². The highest BCUT2D eigenvalue weighted by molar-refractivity contribution is 7.20. The van der Waals surface area contributed by atoms with E-state index in [1.807, 2.05) is 58.9 Å². The number of rotatable bonds is 4. The van der Waals surface area contributed by atoms with Crippen LogP contribution in [0.25, 0.3) is 15.3 Å². The quantitative estimate of drug-likeness (QED) is 0.760. The molecule has 0 saturated heterocycles. The zero-order valence-electron chi connectivity index (χ0n) is 15.1. The first kappa shape index (κ1) is 17.4. The first-order chi connectivity index (χ1) is 11.8. The van der Waals surface area contributed by atoms with Gasteiger partial charge < -0.3 is 10.1 Å². The molecule has 0 aliphatic rings. The highest BCUT2D eigenvalue weighted by Gasteiger charge is 2.23. The van der Waals surface area contributed by atoms with E-state index in [2.05, 4.69) is 15.4 Å². The Morgan fingerprint density at radius 2 is 2.12 bits per heavy atom. The molecule has 0 unspecified atom stereocenters. The number of ether oxygens (including phenoxy) is 1. The number of carbonyl (C=O) groups is 1. The lowest BCUT2D eigenvalue weighted by molar-refractivity contribution is -0.123. The van der Waals surface area contributed by atoms with Crippen molar-refractivity contribution in [3.8, 4) is 10.9 Å². The molecule has 0 radical (unpaired) electrons. The summed E-state index contributed by atoms with van der Waals surface area (Å²) in [4.78, 5) is 17.0. The number of para-hydroxylation sites is 1. The highest BCUT2D eigenvalue weighted by Crippen LogP contribution is 2.33. The van der Waals surface area contributed by atoms with Crippen LogP contribution in [0.15, 0.2) is 24.3 Å². The Bertz CT molecular complexity index is 921. The summed E-state index contributed by atoms with van der Waals surface area (Å²) >= 11 is 1.51. The smallest absolute Gasteiger partial charge is 0.230 e. The molecule has 1 N–H and O–H groups in total. The van der Waals surface area contributed by atoms with Gasteiger partial charge in [-0.05, 0) is 26.0 Å². The molecular formula is C18H22N4O2S. The monoisotopic (exact) mass is 358 g/mol. The Balaban J connectivity index is 2.04. The maximum Gasteiger partial charge on any atom is 0.230 e. The first-order valence-electron chi connectivity index (χ1n) is 8.20. The molecule has 132 valence electrons. The molecule has 1 amide bonds. The number of hydrogen-bond acceptors (Lipinski definition) is 5. The first-order valence-corrected chi connectivity index (χ1v) is 9.02. The van der Waals surface area contributed by atoms with Crippen molar-refractivity contribution in [1.82, 2.24) is 14.8 Å². The minimum absolute atomic E-state index is 0.0650. The standard InChI is InChI=1S/C18H22N4O2S/c1-6-24-12-8-7-9-13-15(12)20-17(25-13)22-14(10-11(2)21-22)19-16(23)18(3,4)5/h7-10H,6H2,1-5H3,(H,19,23). The van der Waals surface area contributed by atoms with Gasteiger partial charge in [0.05, 0.1) is 17.0 Å². The third kappa shape index (κ3) is 3.51. The molecule has 0 aliphatic carbocycles.